The third-order valence-electron chi connectivity index (χ3n) is 4.04. The second-order valence-corrected chi connectivity index (χ2v) is 6.56. The average molecular weight is 407 g/mol. The van der Waals surface area contributed by atoms with Crippen LogP contribution < -0.4 is 18.9 Å². The van der Waals surface area contributed by atoms with Gasteiger partial charge in [0.05, 0.1) is 0 Å². The molecule has 7 nitrogen and oxygen atoms in total. The maximum Gasteiger partial charge on any atom is 0.308 e. The second kappa shape index (κ2) is 9.09. The summed E-state index contributed by atoms with van der Waals surface area (Å²) in [4.78, 5) is 26.9. The molecule has 7 heteroatoms. The number of pyridine rings is 1. The lowest BCUT2D eigenvalue weighted by atomic mass is 10.1. The van der Waals surface area contributed by atoms with Crippen LogP contribution in [0, 0.1) is 13.8 Å². The largest absolute Gasteiger partial charge is 0.439 e. The molecule has 2 aromatic carbocycles. The third-order valence-corrected chi connectivity index (χ3v) is 4.04. The van der Waals surface area contributed by atoms with Gasteiger partial charge >= 0.3 is 11.9 Å². The first-order chi connectivity index (χ1) is 14.3. The van der Waals surface area contributed by atoms with Gasteiger partial charge in [0, 0.05) is 32.0 Å². The summed E-state index contributed by atoms with van der Waals surface area (Å²) >= 11 is 0. The zero-order valence-corrected chi connectivity index (χ0v) is 17.1. The van der Waals surface area contributed by atoms with E-state index >= 15 is 0 Å². The van der Waals surface area contributed by atoms with Gasteiger partial charge in [-0.15, -0.1) is 0 Å². The van der Waals surface area contributed by atoms with Crippen molar-refractivity contribution in [2.75, 3.05) is 0 Å². The molecule has 0 aliphatic rings. The van der Waals surface area contributed by atoms with Crippen LogP contribution in [-0.4, -0.2) is 16.9 Å². The summed E-state index contributed by atoms with van der Waals surface area (Å²) in [6.45, 7) is 6.55. The Balaban J connectivity index is 1.80. The lowest BCUT2D eigenvalue weighted by molar-refractivity contribution is -0.134. The van der Waals surface area contributed by atoms with E-state index in [2.05, 4.69) is 4.98 Å². The van der Waals surface area contributed by atoms with Crippen LogP contribution in [0.15, 0.2) is 54.6 Å². The number of aryl methyl sites for hydroxylation is 2. The first-order valence-electron chi connectivity index (χ1n) is 9.21. The molecule has 3 rings (SSSR count). The summed E-state index contributed by atoms with van der Waals surface area (Å²) in [6.07, 6.45) is 0. The normalized spacial score (nSPS) is 10.3. The summed E-state index contributed by atoms with van der Waals surface area (Å²) in [6, 6.07) is 15.4. The smallest absolute Gasteiger partial charge is 0.308 e. The van der Waals surface area contributed by atoms with Crippen LogP contribution in [0.2, 0.25) is 0 Å². The summed E-state index contributed by atoms with van der Waals surface area (Å²) in [7, 11) is 0. The standard InChI is InChI=1S/C23H21NO6/c1-14-8-9-18(12-15(14)2)29-22-6-5-7-23(24-22)30-19-10-11-20(27-16(3)25)21(13-19)28-17(4)26/h5-13H,1-4H3. The van der Waals surface area contributed by atoms with Crippen LogP contribution in [0.25, 0.3) is 0 Å². The molecule has 0 amide bonds. The molecule has 1 heterocycles. The summed E-state index contributed by atoms with van der Waals surface area (Å²) in [5.41, 5.74) is 2.29. The minimum atomic E-state index is -0.553. The van der Waals surface area contributed by atoms with E-state index in [4.69, 9.17) is 18.9 Å². The van der Waals surface area contributed by atoms with Crippen LogP contribution in [0.4, 0.5) is 0 Å². The molecular formula is C23H21NO6. The molecule has 3 aromatic rings. The highest BCUT2D eigenvalue weighted by molar-refractivity contribution is 5.74. The van der Waals surface area contributed by atoms with E-state index in [1.54, 1.807) is 24.3 Å². The molecule has 0 fully saturated rings. The van der Waals surface area contributed by atoms with E-state index in [1.165, 1.54) is 31.5 Å². The van der Waals surface area contributed by atoms with Gasteiger partial charge in [-0.25, -0.2) is 0 Å². The topological polar surface area (TPSA) is 84.0 Å². The number of rotatable bonds is 6. The zero-order valence-electron chi connectivity index (χ0n) is 17.1. The molecule has 0 atom stereocenters. The molecule has 0 aliphatic carbocycles. The highest BCUT2D eigenvalue weighted by Gasteiger charge is 2.13. The second-order valence-electron chi connectivity index (χ2n) is 6.56. The fraction of sp³-hybridized carbons (Fsp3) is 0.174. The first kappa shape index (κ1) is 20.9. The Labute approximate surface area is 174 Å². The third kappa shape index (κ3) is 5.57. The van der Waals surface area contributed by atoms with E-state index in [9.17, 15) is 9.59 Å². The van der Waals surface area contributed by atoms with E-state index in [0.29, 0.717) is 17.4 Å². The molecular weight excluding hydrogens is 386 g/mol. The number of carbonyl (C=O) groups excluding carboxylic acids is 2. The van der Waals surface area contributed by atoms with Crippen molar-refractivity contribution in [3.8, 4) is 34.8 Å². The van der Waals surface area contributed by atoms with Gasteiger partial charge in [-0.2, -0.15) is 4.98 Å². The number of aromatic nitrogens is 1. The molecule has 1 aromatic heterocycles. The number of nitrogens with zero attached hydrogens (tertiary/aromatic N) is 1. The van der Waals surface area contributed by atoms with Crippen molar-refractivity contribution in [1.82, 2.24) is 4.98 Å². The van der Waals surface area contributed by atoms with Gasteiger partial charge in [-0.3, -0.25) is 9.59 Å². The molecule has 0 saturated carbocycles. The monoisotopic (exact) mass is 407 g/mol. The number of ether oxygens (including phenoxy) is 4. The Morgan fingerprint density at radius 1 is 0.700 bits per heavy atom. The van der Waals surface area contributed by atoms with Crippen molar-refractivity contribution >= 4 is 11.9 Å². The number of benzene rings is 2. The fourth-order valence-corrected chi connectivity index (χ4v) is 2.55. The number of hydrogen-bond acceptors (Lipinski definition) is 7. The van der Waals surface area contributed by atoms with Gasteiger partial charge in [0.2, 0.25) is 11.8 Å². The number of hydrogen-bond donors (Lipinski definition) is 0. The Hall–Kier alpha value is -3.87. The van der Waals surface area contributed by atoms with E-state index in [0.717, 1.165) is 5.56 Å². The van der Waals surface area contributed by atoms with Gasteiger partial charge in [0.25, 0.3) is 0 Å². The summed E-state index contributed by atoms with van der Waals surface area (Å²) in [5, 5.41) is 0. The molecule has 0 bridgehead atoms. The molecule has 30 heavy (non-hydrogen) atoms. The Bertz CT molecular complexity index is 1090. The molecule has 0 aliphatic heterocycles. The predicted molar refractivity (Wildman–Crippen MR) is 109 cm³/mol. The fourth-order valence-electron chi connectivity index (χ4n) is 2.55. The predicted octanol–water partition coefficient (Wildman–Crippen LogP) is 5.13. The molecule has 0 spiro atoms. The van der Waals surface area contributed by atoms with Gasteiger partial charge in [-0.1, -0.05) is 12.1 Å². The lowest BCUT2D eigenvalue weighted by Crippen LogP contribution is -2.07. The number of carbonyl (C=O) groups is 2. The van der Waals surface area contributed by atoms with Crippen molar-refractivity contribution < 1.29 is 28.5 Å². The molecule has 154 valence electrons. The van der Waals surface area contributed by atoms with E-state index in [-0.39, 0.29) is 17.4 Å². The average Bonchev–Trinajstić information content (AvgIpc) is 2.66. The molecule has 0 saturated heterocycles. The van der Waals surface area contributed by atoms with Gasteiger partial charge in [0.1, 0.15) is 11.5 Å². The summed E-state index contributed by atoms with van der Waals surface area (Å²) < 4.78 is 21.7. The lowest BCUT2D eigenvalue weighted by Gasteiger charge is -2.12. The Morgan fingerprint density at radius 2 is 1.27 bits per heavy atom. The first-order valence-corrected chi connectivity index (χ1v) is 9.21. The van der Waals surface area contributed by atoms with Crippen molar-refractivity contribution in [2.24, 2.45) is 0 Å². The van der Waals surface area contributed by atoms with E-state index in [1.807, 2.05) is 32.0 Å². The van der Waals surface area contributed by atoms with Crippen LogP contribution >= 0.6 is 0 Å². The van der Waals surface area contributed by atoms with Crippen LogP contribution in [0.3, 0.4) is 0 Å². The van der Waals surface area contributed by atoms with Gasteiger partial charge in [-0.05, 0) is 49.2 Å². The van der Waals surface area contributed by atoms with Crippen molar-refractivity contribution in [1.29, 1.82) is 0 Å². The SMILES string of the molecule is CC(=O)Oc1ccc(Oc2cccc(Oc3ccc(C)c(C)c3)n2)cc1OC(C)=O. The molecule has 0 radical (unpaired) electrons. The van der Waals surface area contributed by atoms with Crippen molar-refractivity contribution in [3.63, 3.8) is 0 Å². The minimum absolute atomic E-state index is 0.0673. The van der Waals surface area contributed by atoms with E-state index < -0.39 is 11.9 Å². The zero-order chi connectivity index (χ0) is 21.7. The van der Waals surface area contributed by atoms with Gasteiger partial charge < -0.3 is 18.9 Å². The molecule has 0 N–H and O–H groups in total. The summed E-state index contributed by atoms with van der Waals surface area (Å²) in [5.74, 6) is 0.765. The van der Waals surface area contributed by atoms with Crippen LogP contribution in [0.1, 0.15) is 25.0 Å². The van der Waals surface area contributed by atoms with Crippen LogP contribution in [0.5, 0.6) is 34.8 Å². The highest BCUT2D eigenvalue weighted by atomic mass is 16.6. The van der Waals surface area contributed by atoms with Crippen LogP contribution in [-0.2, 0) is 9.59 Å². The van der Waals surface area contributed by atoms with Crippen molar-refractivity contribution in [2.45, 2.75) is 27.7 Å². The maximum absolute atomic E-state index is 11.4. The molecule has 0 unspecified atom stereocenters. The maximum atomic E-state index is 11.4. The van der Waals surface area contributed by atoms with Gasteiger partial charge in [0.15, 0.2) is 11.5 Å². The Kier molecular flexibility index (Phi) is 6.32. The minimum Gasteiger partial charge on any atom is -0.439 e. The van der Waals surface area contributed by atoms with Crippen molar-refractivity contribution in [3.05, 3.63) is 65.7 Å². The quantitative estimate of drug-likeness (QED) is 0.413. The number of esters is 2. The highest BCUT2D eigenvalue weighted by Crippen LogP contribution is 2.34. The Morgan fingerprint density at radius 3 is 1.87 bits per heavy atom.